The highest BCUT2D eigenvalue weighted by atomic mass is 32.2. The molecule has 1 N–H and O–H groups in total. The molecule has 0 heterocycles. The molecular weight excluding hydrogens is 285 g/mol. The number of hydrogen-bond donors (Lipinski definition) is 1. The van der Waals surface area contributed by atoms with E-state index in [0.29, 0.717) is 6.54 Å². The van der Waals surface area contributed by atoms with Crippen LogP contribution in [0.25, 0.3) is 0 Å². The lowest BCUT2D eigenvalue weighted by Crippen LogP contribution is -2.39. The first-order valence-corrected chi connectivity index (χ1v) is 8.39. The SMILES string of the molecule is CCNC(=NCC(C)(C)SC)N(C)Cc1ccc(F)cc1. The molecule has 0 saturated carbocycles. The third-order valence-corrected chi connectivity index (χ3v) is 4.43. The Hall–Kier alpha value is -1.23. The van der Waals surface area contributed by atoms with Gasteiger partial charge in [-0.3, -0.25) is 4.99 Å². The molecule has 3 nitrogen and oxygen atoms in total. The number of benzene rings is 1. The number of thioether (sulfide) groups is 1. The highest BCUT2D eigenvalue weighted by Crippen LogP contribution is 2.21. The van der Waals surface area contributed by atoms with Crippen LogP contribution in [0.1, 0.15) is 26.3 Å². The van der Waals surface area contributed by atoms with Gasteiger partial charge in [0.2, 0.25) is 0 Å². The van der Waals surface area contributed by atoms with Crippen LogP contribution in [0.2, 0.25) is 0 Å². The lowest BCUT2D eigenvalue weighted by molar-refractivity contribution is 0.474. The van der Waals surface area contributed by atoms with E-state index in [1.165, 1.54) is 12.1 Å². The van der Waals surface area contributed by atoms with E-state index in [-0.39, 0.29) is 10.6 Å². The molecule has 0 amide bonds. The first kappa shape index (κ1) is 17.8. The molecule has 0 fully saturated rings. The highest BCUT2D eigenvalue weighted by Gasteiger charge is 2.16. The van der Waals surface area contributed by atoms with Crippen LogP contribution in [0, 0.1) is 5.82 Å². The maximum absolute atomic E-state index is 12.9. The monoisotopic (exact) mass is 311 g/mol. The summed E-state index contributed by atoms with van der Waals surface area (Å²) in [6, 6.07) is 6.59. The number of nitrogens with one attached hydrogen (secondary N) is 1. The fourth-order valence-corrected chi connectivity index (χ4v) is 1.93. The molecule has 0 aromatic heterocycles. The van der Waals surface area contributed by atoms with Gasteiger partial charge in [-0.05, 0) is 44.7 Å². The summed E-state index contributed by atoms with van der Waals surface area (Å²) in [6.07, 6.45) is 2.10. The molecule has 0 saturated heterocycles. The van der Waals surface area contributed by atoms with Gasteiger partial charge in [0.15, 0.2) is 5.96 Å². The van der Waals surface area contributed by atoms with Crippen LogP contribution in [-0.2, 0) is 6.54 Å². The minimum Gasteiger partial charge on any atom is -0.357 e. The number of nitrogens with zero attached hydrogens (tertiary/aromatic N) is 2. The van der Waals surface area contributed by atoms with Crippen LogP contribution in [0.3, 0.4) is 0 Å². The Labute approximate surface area is 132 Å². The average Bonchev–Trinajstić information content (AvgIpc) is 2.45. The second kappa shape index (κ2) is 8.27. The molecule has 0 spiro atoms. The van der Waals surface area contributed by atoms with E-state index in [2.05, 4.69) is 37.2 Å². The molecule has 1 rings (SSSR count). The fraction of sp³-hybridized carbons (Fsp3) is 0.562. The summed E-state index contributed by atoms with van der Waals surface area (Å²) in [6.45, 7) is 8.71. The summed E-state index contributed by atoms with van der Waals surface area (Å²) in [5, 5.41) is 3.30. The number of hydrogen-bond acceptors (Lipinski definition) is 2. The van der Waals surface area contributed by atoms with Crippen LogP contribution in [0.5, 0.6) is 0 Å². The Morgan fingerprint density at radius 1 is 1.33 bits per heavy atom. The summed E-state index contributed by atoms with van der Waals surface area (Å²) in [4.78, 5) is 6.77. The van der Waals surface area contributed by atoms with Crippen molar-refractivity contribution in [1.29, 1.82) is 0 Å². The van der Waals surface area contributed by atoms with Gasteiger partial charge in [-0.1, -0.05) is 12.1 Å². The van der Waals surface area contributed by atoms with E-state index in [1.807, 2.05) is 18.8 Å². The maximum Gasteiger partial charge on any atom is 0.194 e. The van der Waals surface area contributed by atoms with Gasteiger partial charge in [0.1, 0.15) is 5.82 Å². The van der Waals surface area contributed by atoms with Gasteiger partial charge < -0.3 is 10.2 Å². The minimum atomic E-state index is -0.205. The Balaban J connectivity index is 2.74. The maximum atomic E-state index is 12.9. The van der Waals surface area contributed by atoms with Crippen molar-refractivity contribution in [3.63, 3.8) is 0 Å². The minimum absolute atomic E-state index is 0.122. The second-order valence-electron chi connectivity index (χ2n) is 5.62. The summed E-state index contributed by atoms with van der Waals surface area (Å²) in [5.74, 6) is 0.674. The molecule has 0 aliphatic rings. The molecule has 1 aromatic carbocycles. The molecule has 0 aliphatic heterocycles. The summed E-state index contributed by atoms with van der Waals surface area (Å²) >= 11 is 1.81. The Morgan fingerprint density at radius 3 is 2.48 bits per heavy atom. The highest BCUT2D eigenvalue weighted by molar-refractivity contribution is 7.99. The van der Waals surface area contributed by atoms with Crippen LogP contribution >= 0.6 is 11.8 Å². The Morgan fingerprint density at radius 2 is 1.95 bits per heavy atom. The van der Waals surface area contributed by atoms with Crippen molar-refractivity contribution in [2.45, 2.75) is 32.1 Å². The lowest BCUT2D eigenvalue weighted by atomic mass is 10.2. The quantitative estimate of drug-likeness (QED) is 0.645. The molecule has 0 unspecified atom stereocenters. The number of guanidine groups is 1. The molecule has 0 aliphatic carbocycles. The van der Waals surface area contributed by atoms with Crippen molar-refractivity contribution < 1.29 is 4.39 Å². The van der Waals surface area contributed by atoms with E-state index in [9.17, 15) is 4.39 Å². The van der Waals surface area contributed by atoms with Gasteiger partial charge in [0, 0.05) is 24.9 Å². The summed E-state index contributed by atoms with van der Waals surface area (Å²) in [5.41, 5.74) is 1.06. The molecule has 118 valence electrons. The third kappa shape index (κ3) is 6.38. The molecule has 21 heavy (non-hydrogen) atoms. The summed E-state index contributed by atoms with van der Waals surface area (Å²) < 4.78 is 13.1. The first-order valence-electron chi connectivity index (χ1n) is 7.17. The van der Waals surface area contributed by atoms with Crippen LogP contribution < -0.4 is 5.32 Å². The van der Waals surface area contributed by atoms with Crippen LogP contribution in [0.15, 0.2) is 29.3 Å². The molecular formula is C16H26FN3S. The fourth-order valence-electron chi connectivity index (χ4n) is 1.74. The zero-order valence-corrected chi connectivity index (χ0v) is 14.4. The third-order valence-electron chi connectivity index (χ3n) is 3.19. The van der Waals surface area contributed by atoms with Gasteiger partial charge >= 0.3 is 0 Å². The van der Waals surface area contributed by atoms with Crippen LogP contribution in [-0.4, -0.2) is 42.0 Å². The molecule has 1 aromatic rings. The Kier molecular flexibility index (Phi) is 7.02. The van der Waals surface area contributed by atoms with Gasteiger partial charge in [0.25, 0.3) is 0 Å². The van der Waals surface area contributed by atoms with E-state index in [4.69, 9.17) is 4.99 Å². The molecule has 0 atom stereocenters. The van der Waals surface area contributed by atoms with Crippen molar-refractivity contribution in [2.75, 3.05) is 26.4 Å². The first-order chi connectivity index (χ1) is 9.88. The second-order valence-corrected chi connectivity index (χ2v) is 7.13. The number of halogens is 1. The van der Waals surface area contributed by atoms with Gasteiger partial charge in [-0.25, -0.2) is 4.39 Å². The number of rotatable bonds is 6. The predicted molar refractivity (Wildman–Crippen MR) is 91.4 cm³/mol. The lowest BCUT2D eigenvalue weighted by Gasteiger charge is -2.25. The van der Waals surface area contributed by atoms with E-state index >= 15 is 0 Å². The topological polar surface area (TPSA) is 27.6 Å². The van der Waals surface area contributed by atoms with Crippen molar-refractivity contribution in [3.05, 3.63) is 35.6 Å². The van der Waals surface area contributed by atoms with Gasteiger partial charge in [-0.15, -0.1) is 0 Å². The van der Waals surface area contributed by atoms with Gasteiger partial charge in [0.05, 0.1) is 6.54 Å². The van der Waals surface area contributed by atoms with Crippen molar-refractivity contribution in [1.82, 2.24) is 10.2 Å². The zero-order chi connectivity index (χ0) is 15.9. The van der Waals surface area contributed by atoms with E-state index in [1.54, 1.807) is 12.1 Å². The van der Waals surface area contributed by atoms with Gasteiger partial charge in [-0.2, -0.15) is 11.8 Å². The van der Waals surface area contributed by atoms with Crippen molar-refractivity contribution >= 4 is 17.7 Å². The van der Waals surface area contributed by atoms with Crippen molar-refractivity contribution in [2.24, 2.45) is 4.99 Å². The zero-order valence-electron chi connectivity index (χ0n) is 13.6. The average molecular weight is 311 g/mol. The number of aliphatic imine (C=N–C) groups is 1. The van der Waals surface area contributed by atoms with Crippen molar-refractivity contribution in [3.8, 4) is 0 Å². The molecule has 5 heteroatoms. The van der Waals surface area contributed by atoms with E-state index in [0.717, 1.165) is 24.6 Å². The molecule has 0 bridgehead atoms. The predicted octanol–water partition coefficient (Wildman–Crippen LogP) is 3.36. The normalized spacial score (nSPS) is 12.4. The summed E-state index contributed by atoms with van der Waals surface area (Å²) in [7, 11) is 2.00. The largest absolute Gasteiger partial charge is 0.357 e. The smallest absolute Gasteiger partial charge is 0.194 e. The Bertz CT molecular complexity index is 457. The molecule has 0 radical (unpaired) electrons. The van der Waals surface area contributed by atoms with Crippen LogP contribution in [0.4, 0.5) is 4.39 Å². The van der Waals surface area contributed by atoms with E-state index < -0.39 is 0 Å². The standard InChI is InChI=1S/C16H26FN3S/c1-6-18-15(19-12-16(2,3)21-5)20(4)11-13-7-9-14(17)10-8-13/h7-10H,6,11-12H2,1-5H3,(H,18,19).